The number of methoxy groups -OCH3 is 1. The van der Waals surface area contributed by atoms with Crippen LogP contribution in [0, 0.1) is 10.1 Å². The first-order chi connectivity index (χ1) is 14.4. The number of hydrogen-bond donors (Lipinski definition) is 1. The van der Waals surface area contributed by atoms with Crippen molar-refractivity contribution in [2.75, 3.05) is 19.0 Å². The van der Waals surface area contributed by atoms with Gasteiger partial charge in [0, 0.05) is 28.6 Å². The quantitative estimate of drug-likeness (QED) is 0.387. The van der Waals surface area contributed by atoms with Crippen molar-refractivity contribution in [1.82, 2.24) is 4.98 Å². The summed E-state index contributed by atoms with van der Waals surface area (Å²) in [6, 6.07) is 9.93. The van der Waals surface area contributed by atoms with E-state index in [1.54, 1.807) is 19.2 Å². The number of amides is 1. The Bertz CT molecular complexity index is 1090. The zero-order chi connectivity index (χ0) is 21.7. The Morgan fingerprint density at radius 1 is 1.30 bits per heavy atom. The fourth-order valence-electron chi connectivity index (χ4n) is 2.75. The van der Waals surface area contributed by atoms with Crippen LogP contribution in [0.15, 0.2) is 42.6 Å². The molecule has 1 amide bonds. The van der Waals surface area contributed by atoms with Gasteiger partial charge in [-0.1, -0.05) is 29.8 Å². The lowest BCUT2D eigenvalue weighted by molar-refractivity contribution is -0.385. The van der Waals surface area contributed by atoms with Crippen molar-refractivity contribution in [1.29, 1.82) is 0 Å². The minimum atomic E-state index is -0.665. The average molecular weight is 448 g/mol. The number of nitro benzene ring substituents is 1. The highest BCUT2D eigenvalue weighted by Crippen LogP contribution is 2.35. The molecule has 0 radical (unpaired) electrons. The summed E-state index contributed by atoms with van der Waals surface area (Å²) in [5, 5.41) is 15.1. The maximum atomic E-state index is 12.7. The highest BCUT2D eigenvalue weighted by atomic mass is 35.5. The molecule has 1 N–H and O–H groups in total. The van der Waals surface area contributed by atoms with Gasteiger partial charge in [0.15, 0.2) is 16.6 Å². The molecular formula is C20H18ClN3O5S. The van der Waals surface area contributed by atoms with Crippen molar-refractivity contribution in [3.05, 3.63) is 73.7 Å². The molecular weight excluding hydrogens is 430 g/mol. The molecule has 0 spiro atoms. The third-order valence-corrected chi connectivity index (χ3v) is 5.40. The van der Waals surface area contributed by atoms with Gasteiger partial charge in [0.2, 0.25) is 0 Å². The van der Waals surface area contributed by atoms with Crippen molar-refractivity contribution in [2.24, 2.45) is 0 Å². The van der Waals surface area contributed by atoms with Crippen molar-refractivity contribution < 1.29 is 19.2 Å². The molecule has 0 bridgehead atoms. The predicted octanol–water partition coefficient (Wildman–Crippen LogP) is 4.96. The average Bonchev–Trinajstić information content (AvgIpc) is 3.16. The van der Waals surface area contributed by atoms with Crippen LogP contribution in [0.1, 0.15) is 27.7 Å². The Morgan fingerprint density at radius 2 is 2.07 bits per heavy atom. The zero-order valence-electron chi connectivity index (χ0n) is 16.2. The van der Waals surface area contributed by atoms with Gasteiger partial charge >= 0.3 is 0 Å². The molecule has 8 nitrogen and oxygen atoms in total. The van der Waals surface area contributed by atoms with Crippen LogP contribution < -0.4 is 14.8 Å². The Kier molecular flexibility index (Phi) is 6.86. The molecule has 0 aliphatic carbocycles. The van der Waals surface area contributed by atoms with Gasteiger partial charge < -0.3 is 9.47 Å². The lowest BCUT2D eigenvalue weighted by Gasteiger charge is -2.11. The summed E-state index contributed by atoms with van der Waals surface area (Å²) in [5.41, 5.74) is 0.403. The van der Waals surface area contributed by atoms with Crippen molar-refractivity contribution in [3.63, 3.8) is 0 Å². The number of anilines is 1. The van der Waals surface area contributed by atoms with E-state index in [4.69, 9.17) is 21.1 Å². The van der Waals surface area contributed by atoms with E-state index in [1.165, 1.54) is 30.6 Å². The van der Waals surface area contributed by atoms with Crippen molar-refractivity contribution in [3.8, 4) is 11.5 Å². The van der Waals surface area contributed by atoms with Gasteiger partial charge in [-0.05, 0) is 18.6 Å². The first-order valence-electron chi connectivity index (χ1n) is 8.91. The van der Waals surface area contributed by atoms with Crippen LogP contribution in [0.5, 0.6) is 11.5 Å². The number of nitrogens with zero attached hydrogens (tertiary/aromatic N) is 2. The number of hydrogen-bond acceptors (Lipinski definition) is 7. The monoisotopic (exact) mass is 447 g/mol. The number of benzene rings is 2. The van der Waals surface area contributed by atoms with Crippen molar-refractivity contribution >= 4 is 39.7 Å². The van der Waals surface area contributed by atoms with Gasteiger partial charge in [-0.25, -0.2) is 4.98 Å². The van der Waals surface area contributed by atoms with E-state index < -0.39 is 10.8 Å². The lowest BCUT2D eigenvalue weighted by Crippen LogP contribution is -2.14. The number of ether oxygens (including phenoxy) is 2. The van der Waals surface area contributed by atoms with E-state index in [0.717, 1.165) is 10.4 Å². The Morgan fingerprint density at radius 3 is 2.73 bits per heavy atom. The molecule has 0 atom stereocenters. The number of aromatic nitrogens is 1. The normalized spacial score (nSPS) is 10.5. The summed E-state index contributed by atoms with van der Waals surface area (Å²) < 4.78 is 10.6. The second-order valence-corrected chi connectivity index (χ2v) is 7.59. The molecule has 3 aromatic rings. The molecule has 156 valence electrons. The smallest absolute Gasteiger partial charge is 0.286 e. The fourth-order valence-corrected chi connectivity index (χ4v) is 3.78. The fraction of sp³-hybridized carbons (Fsp3) is 0.200. The summed E-state index contributed by atoms with van der Waals surface area (Å²) in [4.78, 5) is 28.6. The maximum Gasteiger partial charge on any atom is 0.286 e. The molecule has 0 unspecified atom stereocenters. The van der Waals surface area contributed by atoms with Crippen molar-refractivity contribution in [2.45, 2.75) is 13.3 Å². The minimum absolute atomic E-state index is 0.150. The number of rotatable bonds is 8. The van der Waals surface area contributed by atoms with E-state index in [2.05, 4.69) is 10.3 Å². The Labute approximate surface area is 181 Å². The predicted molar refractivity (Wildman–Crippen MR) is 115 cm³/mol. The van der Waals surface area contributed by atoms with E-state index in [1.807, 2.05) is 18.2 Å². The minimum Gasteiger partial charge on any atom is -0.493 e. The molecule has 1 heterocycles. The summed E-state index contributed by atoms with van der Waals surface area (Å²) in [5.74, 6) is -0.243. The van der Waals surface area contributed by atoms with Gasteiger partial charge in [0.05, 0.1) is 24.7 Å². The van der Waals surface area contributed by atoms with Crippen LogP contribution in [-0.2, 0) is 6.42 Å². The number of nitrogens with one attached hydrogen (secondary N) is 1. The molecule has 0 aliphatic heterocycles. The van der Waals surface area contributed by atoms with Gasteiger partial charge in [0.1, 0.15) is 5.56 Å². The number of carbonyl (C=O) groups excluding carboxylic acids is 1. The third kappa shape index (κ3) is 4.87. The van der Waals surface area contributed by atoms with Gasteiger partial charge in [-0.3, -0.25) is 20.2 Å². The highest BCUT2D eigenvalue weighted by molar-refractivity contribution is 7.15. The zero-order valence-corrected chi connectivity index (χ0v) is 17.7. The van der Waals surface area contributed by atoms with Crippen LogP contribution >= 0.6 is 22.9 Å². The lowest BCUT2D eigenvalue weighted by atomic mass is 10.1. The highest BCUT2D eigenvalue weighted by Gasteiger charge is 2.25. The molecule has 0 aliphatic rings. The van der Waals surface area contributed by atoms with Crippen LogP contribution in [0.2, 0.25) is 5.02 Å². The molecule has 0 fully saturated rings. The second kappa shape index (κ2) is 9.55. The van der Waals surface area contributed by atoms with Crippen LogP contribution in [0.3, 0.4) is 0 Å². The molecule has 10 heteroatoms. The molecule has 0 saturated carbocycles. The molecule has 30 heavy (non-hydrogen) atoms. The van der Waals surface area contributed by atoms with Crippen LogP contribution in [0.4, 0.5) is 10.8 Å². The van der Waals surface area contributed by atoms with E-state index >= 15 is 0 Å². The van der Waals surface area contributed by atoms with Gasteiger partial charge in [-0.2, -0.15) is 0 Å². The third-order valence-electron chi connectivity index (χ3n) is 4.12. The first kappa shape index (κ1) is 21.5. The summed E-state index contributed by atoms with van der Waals surface area (Å²) in [6.45, 7) is 2.04. The van der Waals surface area contributed by atoms with Crippen LogP contribution in [-0.4, -0.2) is 29.5 Å². The number of halogens is 1. The maximum absolute atomic E-state index is 12.7. The first-order valence-corrected chi connectivity index (χ1v) is 10.1. The number of nitro groups is 1. The van der Waals surface area contributed by atoms with Crippen LogP contribution in [0.25, 0.3) is 0 Å². The summed E-state index contributed by atoms with van der Waals surface area (Å²) in [7, 11) is 1.40. The van der Waals surface area contributed by atoms with Gasteiger partial charge in [0.25, 0.3) is 11.6 Å². The topological polar surface area (TPSA) is 104 Å². The van der Waals surface area contributed by atoms with E-state index in [9.17, 15) is 14.9 Å². The largest absolute Gasteiger partial charge is 0.493 e. The second-order valence-electron chi connectivity index (χ2n) is 6.06. The molecule has 3 rings (SSSR count). The van der Waals surface area contributed by atoms with E-state index in [0.29, 0.717) is 23.2 Å². The summed E-state index contributed by atoms with van der Waals surface area (Å²) in [6.07, 6.45) is 2.20. The van der Waals surface area contributed by atoms with Gasteiger partial charge in [-0.15, -0.1) is 11.3 Å². The standard InChI is InChI=1S/C20H18ClN3O5S/c1-3-29-18-10-16(24(26)27)14(9-17(18)28-2)19(25)23-20-22-11-13(30-20)8-12-6-4-5-7-15(12)21/h4-7,9-11H,3,8H2,1-2H3,(H,22,23,25). The Balaban J connectivity index is 1.83. The molecule has 0 saturated heterocycles. The molecule has 1 aromatic heterocycles. The Hall–Kier alpha value is -3.17. The summed E-state index contributed by atoms with van der Waals surface area (Å²) >= 11 is 7.45. The number of carbonyl (C=O) groups is 1. The van der Waals surface area contributed by atoms with E-state index in [-0.39, 0.29) is 22.7 Å². The SMILES string of the molecule is CCOc1cc([N+](=O)[O-])c(C(=O)Nc2ncc(Cc3ccccc3Cl)s2)cc1OC. The number of thiazole rings is 1. The molecule has 2 aromatic carbocycles.